The summed E-state index contributed by atoms with van der Waals surface area (Å²) in [5.41, 5.74) is 0. The third-order valence-corrected chi connectivity index (χ3v) is 13.6. The van der Waals surface area contributed by atoms with Gasteiger partial charge in [0.15, 0.2) is 12.4 Å². The predicted molar refractivity (Wildman–Crippen MR) is 370 cm³/mol. The molecule has 0 heterocycles. The van der Waals surface area contributed by atoms with Gasteiger partial charge in [-0.3, -0.25) is 9.59 Å². The lowest BCUT2D eigenvalue weighted by Crippen LogP contribution is -2.44. The number of aliphatic carboxylic acids is 1. The normalized spacial score (nSPS) is 13.9. The standard InChI is InChI=1S/C78H123NO8/c1-6-8-10-12-14-16-18-20-22-24-26-28-30-32-34-36-37-38-39-41-42-44-46-48-50-52-54-56-58-60-62-64-66-68-75(80)85-72-74(73-86-78(77(82)83)84-71-70-79(3,4)5)87-76(81)69-67-65-63-61-59-57-55-53-51-49-47-45-43-40-35-33-31-29-27-25-23-21-19-17-15-13-11-9-7-2/h8-11,14-17,20-23,26-29,32-35,37-38,41-43,45,49,51,55,57,74,78H,6-7,12-13,18-19,24-25,30-31,36,39-40,44,46-48,50,52-54,56,58-73H2,1-5H3/b10-8-,11-9-,16-14-,17-15-,22-20-,23-21-,28-26-,29-27-,34-32-,35-33-,38-37-,42-41-,45-43-,51-49-,57-55-. The Kier molecular flexibility index (Phi) is 62.1. The molecule has 0 fully saturated rings. The van der Waals surface area contributed by atoms with Crippen molar-refractivity contribution in [3.8, 4) is 0 Å². The van der Waals surface area contributed by atoms with E-state index in [1.807, 2.05) is 21.1 Å². The molecule has 488 valence electrons. The molecule has 0 aliphatic rings. The predicted octanol–water partition coefficient (Wildman–Crippen LogP) is 19.9. The number of hydrogen-bond donors (Lipinski definition) is 0. The second kappa shape index (κ2) is 66.3. The number of carbonyl (C=O) groups excluding carboxylic acids is 3. The van der Waals surface area contributed by atoms with Crippen LogP contribution in [0.1, 0.15) is 232 Å². The minimum absolute atomic E-state index is 0.131. The molecular weight excluding hydrogens is 1080 g/mol. The monoisotopic (exact) mass is 1200 g/mol. The number of allylic oxidation sites excluding steroid dienone is 30. The third kappa shape index (κ3) is 67.8. The lowest BCUT2D eigenvalue weighted by atomic mass is 10.0. The molecule has 0 bridgehead atoms. The lowest BCUT2D eigenvalue weighted by Gasteiger charge is -2.26. The van der Waals surface area contributed by atoms with E-state index in [-0.39, 0.29) is 38.6 Å². The Hall–Kier alpha value is -5.61. The summed E-state index contributed by atoms with van der Waals surface area (Å²) in [4.78, 5) is 37.5. The van der Waals surface area contributed by atoms with E-state index in [1.54, 1.807) is 0 Å². The number of hydrogen-bond acceptors (Lipinski definition) is 8. The van der Waals surface area contributed by atoms with Gasteiger partial charge in [0, 0.05) is 12.8 Å². The van der Waals surface area contributed by atoms with Crippen LogP contribution in [-0.2, 0) is 33.3 Å². The summed E-state index contributed by atoms with van der Waals surface area (Å²) in [6, 6.07) is 0. The highest BCUT2D eigenvalue weighted by Gasteiger charge is 2.22. The molecule has 9 heteroatoms. The minimum Gasteiger partial charge on any atom is -0.545 e. The smallest absolute Gasteiger partial charge is 0.306 e. The topological polar surface area (TPSA) is 111 Å². The summed E-state index contributed by atoms with van der Waals surface area (Å²) >= 11 is 0. The summed E-state index contributed by atoms with van der Waals surface area (Å²) in [7, 11) is 5.90. The lowest BCUT2D eigenvalue weighted by molar-refractivity contribution is -0.870. The Balaban J connectivity index is 4.27. The van der Waals surface area contributed by atoms with E-state index in [4.69, 9.17) is 18.9 Å². The number of carboxylic acids is 1. The summed E-state index contributed by atoms with van der Waals surface area (Å²) in [5.74, 6) is -2.34. The highest BCUT2D eigenvalue weighted by atomic mass is 16.7. The molecule has 0 spiro atoms. The Morgan fingerprint density at radius 1 is 0.345 bits per heavy atom. The molecule has 0 amide bonds. The molecule has 0 aromatic heterocycles. The van der Waals surface area contributed by atoms with Gasteiger partial charge in [0.2, 0.25) is 0 Å². The molecule has 0 radical (unpaired) electrons. The van der Waals surface area contributed by atoms with Crippen molar-refractivity contribution in [1.82, 2.24) is 0 Å². The second-order valence-corrected chi connectivity index (χ2v) is 23.0. The van der Waals surface area contributed by atoms with E-state index in [0.29, 0.717) is 17.4 Å². The van der Waals surface area contributed by atoms with Gasteiger partial charge < -0.3 is 33.3 Å². The average molecular weight is 1200 g/mol. The molecule has 0 aromatic carbocycles. The molecule has 0 rings (SSSR count). The molecule has 9 nitrogen and oxygen atoms in total. The van der Waals surface area contributed by atoms with Crippen LogP contribution < -0.4 is 5.11 Å². The van der Waals surface area contributed by atoms with Crippen molar-refractivity contribution in [2.45, 2.75) is 245 Å². The first-order valence-corrected chi connectivity index (χ1v) is 33.9. The molecule has 2 atom stereocenters. The fourth-order valence-corrected chi connectivity index (χ4v) is 8.53. The molecule has 0 saturated carbocycles. The molecule has 0 aliphatic carbocycles. The zero-order valence-electron chi connectivity index (χ0n) is 55.6. The van der Waals surface area contributed by atoms with E-state index in [0.717, 1.165) is 154 Å². The van der Waals surface area contributed by atoms with Gasteiger partial charge in [0.25, 0.3) is 0 Å². The van der Waals surface area contributed by atoms with Crippen molar-refractivity contribution in [2.24, 2.45) is 0 Å². The van der Waals surface area contributed by atoms with Crippen molar-refractivity contribution in [1.29, 1.82) is 0 Å². The Bertz CT molecular complexity index is 2080. The van der Waals surface area contributed by atoms with Crippen molar-refractivity contribution in [3.05, 3.63) is 182 Å². The van der Waals surface area contributed by atoms with Crippen LogP contribution in [0.25, 0.3) is 0 Å². The number of rotatable bonds is 60. The zero-order valence-corrected chi connectivity index (χ0v) is 55.6. The first kappa shape index (κ1) is 81.4. The van der Waals surface area contributed by atoms with Crippen LogP contribution >= 0.6 is 0 Å². The van der Waals surface area contributed by atoms with Crippen LogP contribution in [0.2, 0.25) is 0 Å². The molecule has 0 aromatic rings. The van der Waals surface area contributed by atoms with Crippen molar-refractivity contribution < 1.29 is 42.9 Å². The fraction of sp³-hybridized carbons (Fsp3) is 0.577. The van der Waals surface area contributed by atoms with Gasteiger partial charge in [-0.05, 0) is 135 Å². The number of carbonyl (C=O) groups is 3. The number of ether oxygens (including phenoxy) is 4. The molecule has 2 unspecified atom stereocenters. The van der Waals surface area contributed by atoms with Crippen LogP contribution in [0.4, 0.5) is 0 Å². The Morgan fingerprint density at radius 2 is 0.621 bits per heavy atom. The number of unbranched alkanes of at least 4 members (excludes halogenated alkanes) is 15. The van der Waals surface area contributed by atoms with Gasteiger partial charge in [-0.2, -0.15) is 0 Å². The summed E-state index contributed by atoms with van der Waals surface area (Å²) < 4.78 is 22.7. The Labute approximate surface area is 532 Å². The zero-order chi connectivity index (χ0) is 63.3. The van der Waals surface area contributed by atoms with E-state index >= 15 is 0 Å². The molecule has 0 N–H and O–H groups in total. The fourth-order valence-electron chi connectivity index (χ4n) is 8.53. The number of esters is 2. The minimum atomic E-state index is -1.64. The van der Waals surface area contributed by atoms with Crippen molar-refractivity contribution in [3.63, 3.8) is 0 Å². The van der Waals surface area contributed by atoms with E-state index < -0.39 is 24.3 Å². The SMILES string of the molecule is CC/C=C\C/C=C\C/C=C\C/C=C\C/C=C\C/C=C\C/C=C\C/C=C\CCCCCCC(=O)OC(COC(=O)CCCCCCCCCCCCC/C=C\C/C=C\C/C=C\C/C=C\C/C=C\C/C=C\C/C=C\CC)COC(OCC[N+](C)(C)C)C(=O)[O-]. The molecule has 87 heavy (non-hydrogen) atoms. The highest BCUT2D eigenvalue weighted by Crippen LogP contribution is 2.15. The summed E-state index contributed by atoms with van der Waals surface area (Å²) in [5, 5.41) is 11.8. The summed E-state index contributed by atoms with van der Waals surface area (Å²) in [6.45, 7) is 4.46. The van der Waals surface area contributed by atoms with Crippen LogP contribution in [0, 0.1) is 0 Å². The van der Waals surface area contributed by atoms with Crippen LogP contribution in [-0.4, -0.2) is 82.3 Å². The van der Waals surface area contributed by atoms with E-state index in [2.05, 4.69) is 196 Å². The van der Waals surface area contributed by atoms with Crippen LogP contribution in [0.5, 0.6) is 0 Å². The third-order valence-electron chi connectivity index (χ3n) is 13.6. The molecular formula is C78H123NO8. The number of quaternary nitrogens is 1. The van der Waals surface area contributed by atoms with Gasteiger partial charge in [-0.25, -0.2) is 0 Å². The largest absolute Gasteiger partial charge is 0.545 e. The van der Waals surface area contributed by atoms with Gasteiger partial charge in [0.05, 0.1) is 40.3 Å². The Morgan fingerprint density at radius 3 is 0.920 bits per heavy atom. The first-order valence-electron chi connectivity index (χ1n) is 33.9. The van der Waals surface area contributed by atoms with Gasteiger partial charge in [-0.1, -0.05) is 267 Å². The molecule has 0 aliphatic heterocycles. The van der Waals surface area contributed by atoms with Crippen molar-refractivity contribution in [2.75, 3.05) is 47.5 Å². The average Bonchev–Trinajstić information content (AvgIpc) is 3.57. The maximum atomic E-state index is 12.9. The number of likely N-dealkylation sites (N-methyl/N-ethyl adjacent to an activating group) is 1. The quantitative estimate of drug-likeness (QED) is 0.0195. The number of nitrogens with zero attached hydrogens (tertiary/aromatic N) is 1. The van der Waals surface area contributed by atoms with E-state index in [1.165, 1.54) is 44.9 Å². The van der Waals surface area contributed by atoms with E-state index in [9.17, 15) is 19.5 Å². The highest BCUT2D eigenvalue weighted by molar-refractivity contribution is 5.70. The van der Waals surface area contributed by atoms with Crippen molar-refractivity contribution >= 4 is 17.9 Å². The first-order chi connectivity index (χ1) is 42.6. The maximum absolute atomic E-state index is 12.9. The number of carboxylic acid groups (broad SMARTS) is 1. The summed E-state index contributed by atoms with van der Waals surface area (Å²) in [6.07, 6.45) is 98.1. The van der Waals surface area contributed by atoms with Gasteiger partial charge in [-0.15, -0.1) is 0 Å². The van der Waals surface area contributed by atoms with Gasteiger partial charge >= 0.3 is 11.9 Å². The van der Waals surface area contributed by atoms with Crippen LogP contribution in [0.3, 0.4) is 0 Å². The van der Waals surface area contributed by atoms with Crippen LogP contribution in [0.15, 0.2) is 182 Å². The van der Waals surface area contributed by atoms with Gasteiger partial charge in [0.1, 0.15) is 13.2 Å². The second-order valence-electron chi connectivity index (χ2n) is 23.0. The maximum Gasteiger partial charge on any atom is 0.306 e. The molecule has 0 saturated heterocycles.